The molecule has 1 aromatic heterocycles. The van der Waals surface area contributed by atoms with E-state index in [1.807, 2.05) is 24.5 Å². The monoisotopic (exact) mass is 447 g/mol. The lowest BCUT2D eigenvalue weighted by Gasteiger charge is -2.44. The van der Waals surface area contributed by atoms with Crippen LogP contribution in [0.15, 0.2) is 55.1 Å². The first-order valence-electron chi connectivity index (χ1n) is 11.3. The SMILES string of the molecule is COc1ccc(CCN2CCC3(CC2)OCc2cc(-c4cncnc4)ccc2O3)cc1OC. The van der Waals surface area contributed by atoms with Crippen molar-refractivity contribution >= 4 is 0 Å². The smallest absolute Gasteiger partial charge is 0.213 e. The molecular weight excluding hydrogens is 418 g/mol. The lowest BCUT2D eigenvalue weighted by molar-refractivity contribution is -0.228. The van der Waals surface area contributed by atoms with Gasteiger partial charge < -0.3 is 23.8 Å². The Morgan fingerprint density at radius 1 is 0.939 bits per heavy atom. The van der Waals surface area contributed by atoms with Crippen LogP contribution in [0.3, 0.4) is 0 Å². The van der Waals surface area contributed by atoms with E-state index in [0.717, 1.165) is 72.8 Å². The first kappa shape index (κ1) is 21.7. The zero-order valence-corrected chi connectivity index (χ0v) is 19.1. The second-order valence-electron chi connectivity index (χ2n) is 8.53. The van der Waals surface area contributed by atoms with Gasteiger partial charge in [0.15, 0.2) is 11.5 Å². The van der Waals surface area contributed by atoms with E-state index in [1.54, 1.807) is 14.2 Å². The van der Waals surface area contributed by atoms with Gasteiger partial charge in [0, 0.05) is 56.0 Å². The summed E-state index contributed by atoms with van der Waals surface area (Å²) in [6.45, 7) is 3.44. The molecule has 5 rings (SSSR count). The molecule has 0 saturated carbocycles. The van der Waals surface area contributed by atoms with Crippen molar-refractivity contribution in [2.45, 2.75) is 31.7 Å². The van der Waals surface area contributed by atoms with Crippen LogP contribution in [0.1, 0.15) is 24.0 Å². The Morgan fingerprint density at radius 2 is 1.73 bits per heavy atom. The van der Waals surface area contributed by atoms with Crippen molar-refractivity contribution in [3.05, 3.63) is 66.2 Å². The maximum Gasteiger partial charge on any atom is 0.213 e. The van der Waals surface area contributed by atoms with Gasteiger partial charge in [0.05, 0.1) is 20.8 Å². The minimum Gasteiger partial charge on any atom is -0.493 e. The molecule has 2 aromatic carbocycles. The van der Waals surface area contributed by atoms with E-state index in [4.69, 9.17) is 18.9 Å². The largest absolute Gasteiger partial charge is 0.493 e. The number of fused-ring (bicyclic) bond motifs is 1. The molecular formula is C26H29N3O4. The van der Waals surface area contributed by atoms with E-state index >= 15 is 0 Å². The Hall–Kier alpha value is -3.16. The van der Waals surface area contributed by atoms with Gasteiger partial charge in [-0.05, 0) is 41.8 Å². The average Bonchev–Trinajstić information content (AvgIpc) is 2.88. The predicted molar refractivity (Wildman–Crippen MR) is 125 cm³/mol. The molecule has 1 spiro atoms. The van der Waals surface area contributed by atoms with Gasteiger partial charge in [-0.15, -0.1) is 0 Å². The van der Waals surface area contributed by atoms with Gasteiger partial charge >= 0.3 is 0 Å². The number of aromatic nitrogens is 2. The number of benzene rings is 2. The first-order valence-corrected chi connectivity index (χ1v) is 11.3. The van der Waals surface area contributed by atoms with Crippen LogP contribution in [0.5, 0.6) is 17.2 Å². The molecule has 172 valence electrons. The molecule has 0 atom stereocenters. The number of hydrogen-bond donors (Lipinski definition) is 0. The third-order valence-electron chi connectivity index (χ3n) is 6.52. The van der Waals surface area contributed by atoms with E-state index in [0.29, 0.717) is 6.61 Å². The van der Waals surface area contributed by atoms with Gasteiger partial charge in [-0.1, -0.05) is 12.1 Å². The number of likely N-dealkylation sites (tertiary alicyclic amines) is 1. The molecule has 7 nitrogen and oxygen atoms in total. The van der Waals surface area contributed by atoms with Crippen LogP contribution in [-0.4, -0.2) is 54.5 Å². The summed E-state index contributed by atoms with van der Waals surface area (Å²) in [7, 11) is 3.33. The van der Waals surface area contributed by atoms with E-state index in [9.17, 15) is 0 Å². The lowest BCUT2D eigenvalue weighted by Crippen LogP contribution is -2.51. The number of nitrogens with zero attached hydrogens (tertiary/aromatic N) is 3. The number of ether oxygens (including phenoxy) is 4. The molecule has 33 heavy (non-hydrogen) atoms. The number of rotatable bonds is 6. The Morgan fingerprint density at radius 3 is 2.48 bits per heavy atom. The molecule has 0 unspecified atom stereocenters. The molecule has 2 aliphatic heterocycles. The summed E-state index contributed by atoms with van der Waals surface area (Å²) in [5.41, 5.74) is 4.37. The fourth-order valence-electron chi connectivity index (χ4n) is 4.55. The van der Waals surface area contributed by atoms with Crippen molar-refractivity contribution in [3.8, 4) is 28.4 Å². The van der Waals surface area contributed by atoms with Crippen LogP contribution in [-0.2, 0) is 17.8 Å². The maximum atomic E-state index is 6.41. The summed E-state index contributed by atoms with van der Waals surface area (Å²) >= 11 is 0. The van der Waals surface area contributed by atoms with Crippen LogP contribution in [0.4, 0.5) is 0 Å². The Labute approximate surface area is 194 Å². The van der Waals surface area contributed by atoms with Crippen LogP contribution >= 0.6 is 0 Å². The summed E-state index contributed by atoms with van der Waals surface area (Å²) in [4.78, 5) is 10.7. The maximum absolute atomic E-state index is 6.41. The van der Waals surface area contributed by atoms with E-state index in [-0.39, 0.29) is 0 Å². The number of piperidine rings is 1. The lowest BCUT2D eigenvalue weighted by atomic mass is 9.99. The normalized spacial score (nSPS) is 17.3. The molecule has 0 bridgehead atoms. The van der Waals surface area contributed by atoms with E-state index in [1.165, 1.54) is 11.9 Å². The van der Waals surface area contributed by atoms with Crippen molar-refractivity contribution < 1.29 is 18.9 Å². The molecule has 1 fully saturated rings. The number of hydrogen-bond acceptors (Lipinski definition) is 7. The quantitative estimate of drug-likeness (QED) is 0.564. The molecule has 3 heterocycles. The Bertz CT molecular complexity index is 1100. The summed E-state index contributed by atoms with van der Waals surface area (Å²) in [6.07, 6.45) is 7.85. The van der Waals surface area contributed by atoms with Gasteiger partial charge in [-0.25, -0.2) is 9.97 Å². The van der Waals surface area contributed by atoms with Crippen LogP contribution < -0.4 is 14.2 Å². The third-order valence-corrected chi connectivity index (χ3v) is 6.52. The molecule has 7 heteroatoms. The highest BCUT2D eigenvalue weighted by Crippen LogP contribution is 2.39. The van der Waals surface area contributed by atoms with E-state index in [2.05, 4.69) is 39.1 Å². The van der Waals surface area contributed by atoms with Crippen molar-refractivity contribution in [2.24, 2.45) is 0 Å². The van der Waals surface area contributed by atoms with Crippen LogP contribution in [0.25, 0.3) is 11.1 Å². The predicted octanol–water partition coefficient (Wildman–Crippen LogP) is 4.10. The van der Waals surface area contributed by atoms with Crippen molar-refractivity contribution in [2.75, 3.05) is 33.9 Å². The summed E-state index contributed by atoms with van der Waals surface area (Å²) in [5.74, 6) is 1.93. The standard InChI is InChI=1S/C26H29N3O4/c1-30-24-5-3-19(13-25(24)31-2)7-10-29-11-8-26(9-12-29)32-17-21-14-20(4-6-23(21)33-26)22-15-27-18-28-16-22/h3-6,13-16,18H,7-12,17H2,1-2H3. The highest BCUT2D eigenvalue weighted by Gasteiger charge is 2.40. The van der Waals surface area contributed by atoms with E-state index < -0.39 is 5.79 Å². The van der Waals surface area contributed by atoms with Crippen molar-refractivity contribution in [1.29, 1.82) is 0 Å². The van der Waals surface area contributed by atoms with Gasteiger partial charge in [0.1, 0.15) is 12.1 Å². The zero-order chi connectivity index (χ0) is 22.7. The minimum absolute atomic E-state index is 0.524. The highest BCUT2D eigenvalue weighted by atomic mass is 16.7. The summed E-state index contributed by atoms with van der Waals surface area (Å²) in [5, 5.41) is 0. The molecule has 0 N–H and O–H groups in total. The van der Waals surface area contributed by atoms with Crippen LogP contribution in [0, 0.1) is 0 Å². The molecule has 1 saturated heterocycles. The van der Waals surface area contributed by atoms with Crippen molar-refractivity contribution in [3.63, 3.8) is 0 Å². The van der Waals surface area contributed by atoms with Gasteiger partial charge in [0.25, 0.3) is 0 Å². The Kier molecular flexibility index (Phi) is 6.15. The second-order valence-corrected chi connectivity index (χ2v) is 8.53. The van der Waals surface area contributed by atoms with Gasteiger partial charge in [-0.3, -0.25) is 0 Å². The fraction of sp³-hybridized carbons (Fsp3) is 0.385. The second kappa shape index (κ2) is 9.37. The number of methoxy groups -OCH3 is 2. The molecule has 3 aromatic rings. The fourth-order valence-corrected chi connectivity index (χ4v) is 4.55. The topological polar surface area (TPSA) is 65.9 Å². The van der Waals surface area contributed by atoms with Gasteiger partial charge in [-0.2, -0.15) is 0 Å². The molecule has 0 radical (unpaired) electrons. The molecule has 0 aliphatic carbocycles. The Balaban J connectivity index is 1.18. The molecule has 2 aliphatic rings. The van der Waals surface area contributed by atoms with Crippen molar-refractivity contribution in [1.82, 2.24) is 14.9 Å². The summed E-state index contributed by atoms with van der Waals surface area (Å²) < 4.78 is 23.4. The first-order chi connectivity index (χ1) is 16.2. The molecule has 0 amide bonds. The summed E-state index contributed by atoms with van der Waals surface area (Å²) in [6, 6.07) is 12.4. The third kappa shape index (κ3) is 4.65. The average molecular weight is 448 g/mol. The highest BCUT2D eigenvalue weighted by molar-refractivity contribution is 5.64. The zero-order valence-electron chi connectivity index (χ0n) is 19.1. The van der Waals surface area contributed by atoms with Crippen LogP contribution in [0.2, 0.25) is 0 Å². The minimum atomic E-state index is -0.524. The van der Waals surface area contributed by atoms with Gasteiger partial charge in [0.2, 0.25) is 5.79 Å².